The van der Waals surface area contributed by atoms with Crippen LogP contribution in [0, 0.1) is 0 Å². The van der Waals surface area contributed by atoms with Crippen molar-refractivity contribution >= 4 is 43.4 Å². The molecule has 0 radical (unpaired) electrons. The number of nitrogens with zero attached hydrogens (tertiary/aromatic N) is 3. The lowest BCUT2D eigenvalue weighted by Gasteiger charge is -2.25. The summed E-state index contributed by atoms with van der Waals surface area (Å²) in [6, 6.07) is 0. The second-order valence-electron chi connectivity index (χ2n) is 8.17. The zero-order chi connectivity index (χ0) is 18.9. The number of thiophene rings is 1. The smallest absolute Gasteiger partial charge is 0.278 e. The number of hydrogen-bond acceptors (Lipinski definition) is 5. The Bertz CT molecular complexity index is 990. The highest BCUT2D eigenvalue weighted by atomic mass is 32.1. The van der Waals surface area contributed by atoms with Gasteiger partial charge >= 0.3 is 0 Å². The molecule has 1 aliphatic heterocycles. The maximum atomic E-state index is 4.73. The van der Waals surface area contributed by atoms with Gasteiger partial charge in [-0.3, -0.25) is 4.90 Å². The number of nitrogens with one attached hydrogen (secondary N) is 2. The molecule has 0 bridgehead atoms. The number of unbranched alkanes of at least 4 members (excludes halogenated alkanes) is 1. The third kappa shape index (κ3) is 3.11. The van der Waals surface area contributed by atoms with Gasteiger partial charge in [-0.2, -0.15) is 0 Å². The van der Waals surface area contributed by atoms with Crippen molar-refractivity contribution in [1.82, 2.24) is 9.97 Å². The summed E-state index contributed by atoms with van der Waals surface area (Å²) in [5.74, 6) is 2.39. The number of H-pyrrole nitrogens is 1. The second-order valence-corrected chi connectivity index (χ2v) is 9.19. The van der Waals surface area contributed by atoms with Gasteiger partial charge < -0.3 is 5.32 Å². The number of piperidine rings is 1. The van der Waals surface area contributed by atoms with Crippen LogP contribution >= 0.6 is 11.3 Å². The molecule has 0 aromatic carbocycles. The average Bonchev–Trinajstić information content (AvgIpc) is 3.14. The molecule has 0 unspecified atom stereocenters. The molecule has 5 nitrogen and oxygen atoms in total. The van der Waals surface area contributed by atoms with E-state index in [1.807, 2.05) is 11.3 Å². The Balaban J connectivity index is 1.68. The van der Waals surface area contributed by atoms with Gasteiger partial charge in [-0.15, -0.1) is 0 Å². The summed E-state index contributed by atoms with van der Waals surface area (Å²) in [5.41, 5.74) is 4.23. The van der Waals surface area contributed by atoms with Crippen LogP contribution in [-0.4, -0.2) is 29.6 Å². The fraction of sp³-hybridized carbons (Fsp3) is 0.591. The molecular weight excluding hydrogens is 366 g/mol. The lowest BCUT2D eigenvalue weighted by Crippen LogP contribution is -2.36. The van der Waals surface area contributed by atoms with Crippen LogP contribution in [0.1, 0.15) is 63.0 Å². The van der Waals surface area contributed by atoms with E-state index in [1.165, 1.54) is 85.2 Å². The molecule has 2 N–H and O–H groups in total. The van der Waals surface area contributed by atoms with Gasteiger partial charge in [0.05, 0.1) is 24.0 Å². The van der Waals surface area contributed by atoms with Crippen molar-refractivity contribution in [3.8, 4) is 0 Å². The molecule has 1 aliphatic carbocycles. The van der Waals surface area contributed by atoms with Gasteiger partial charge in [-0.25, -0.2) is 15.0 Å². The summed E-state index contributed by atoms with van der Waals surface area (Å²) in [4.78, 5) is 17.0. The molecule has 0 saturated carbocycles. The highest BCUT2D eigenvalue weighted by molar-refractivity contribution is 7.25. The van der Waals surface area contributed by atoms with Crippen LogP contribution in [0.2, 0.25) is 0 Å². The molecule has 3 aromatic rings. The van der Waals surface area contributed by atoms with Crippen LogP contribution in [0.3, 0.4) is 0 Å². The Morgan fingerprint density at radius 3 is 2.71 bits per heavy atom. The normalized spacial score (nSPS) is 17.2. The van der Waals surface area contributed by atoms with Crippen molar-refractivity contribution in [1.29, 1.82) is 0 Å². The van der Waals surface area contributed by atoms with Crippen molar-refractivity contribution in [3.63, 3.8) is 0 Å². The van der Waals surface area contributed by atoms with Crippen molar-refractivity contribution < 1.29 is 4.98 Å². The summed E-state index contributed by atoms with van der Waals surface area (Å²) in [6.07, 6.45) is 13.0. The minimum absolute atomic E-state index is 0.970. The maximum absolute atomic E-state index is 4.73. The molecule has 28 heavy (non-hydrogen) atoms. The van der Waals surface area contributed by atoms with E-state index in [0.717, 1.165) is 24.3 Å². The molecule has 2 aliphatic rings. The number of aryl methyl sites for hydroxylation is 1. The zero-order valence-electron chi connectivity index (χ0n) is 16.8. The van der Waals surface area contributed by atoms with Crippen molar-refractivity contribution in [2.45, 2.75) is 64.7 Å². The SMILES string of the molecule is CCCCNc1ncnc2c1sc1[nH+]c(N3CCCCC3)c3c(c12)CCCC3. The van der Waals surface area contributed by atoms with Crippen molar-refractivity contribution in [2.24, 2.45) is 0 Å². The average molecular weight is 397 g/mol. The van der Waals surface area contributed by atoms with E-state index in [4.69, 9.17) is 4.98 Å². The maximum Gasteiger partial charge on any atom is 0.278 e. The topological polar surface area (TPSA) is 55.2 Å². The fourth-order valence-electron chi connectivity index (χ4n) is 4.80. The van der Waals surface area contributed by atoms with Crippen LogP contribution in [-0.2, 0) is 12.8 Å². The Morgan fingerprint density at radius 1 is 1.07 bits per heavy atom. The van der Waals surface area contributed by atoms with Crippen molar-refractivity contribution in [2.75, 3.05) is 29.9 Å². The lowest BCUT2D eigenvalue weighted by atomic mass is 9.89. The first-order valence-electron chi connectivity index (χ1n) is 11.0. The van der Waals surface area contributed by atoms with Gasteiger partial charge in [-0.1, -0.05) is 24.7 Å². The highest BCUT2D eigenvalue weighted by Crippen LogP contribution is 2.41. The first-order valence-corrected chi connectivity index (χ1v) is 11.8. The monoisotopic (exact) mass is 396 g/mol. The number of fused-ring (bicyclic) bond motifs is 5. The molecule has 5 rings (SSSR count). The molecule has 1 fully saturated rings. The van der Waals surface area contributed by atoms with E-state index in [2.05, 4.69) is 27.1 Å². The first kappa shape index (κ1) is 18.1. The summed E-state index contributed by atoms with van der Waals surface area (Å²) >= 11 is 1.83. The second kappa shape index (κ2) is 7.82. The van der Waals surface area contributed by atoms with E-state index >= 15 is 0 Å². The fourth-order valence-corrected chi connectivity index (χ4v) is 5.95. The number of aromatic amines is 1. The number of pyridine rings is 1. The largest absolute Gasteiger partial charge is 0.369 e. The van der Waals surface area contributed by atoms with Gasteiger partial charge in [0.15, 0.2) is 4.83 Å². The molecule has 0 spiro atoms. The quantitative estimate of drug-likeness (QED) is 0.633. The highest BCUT2D eigenvalue weighted by Gasteiger charge is 2.30. The minimum atomic E-state index is 0.970. The standard InChI is InChI=1S/C22H29N5S/c1-2-3-11-23-20-19-18(24-14-25-20)17-15-9-5-6-10-16(15)21(26-22(17)28-19)27-12-7-4-8-13-27/h14H,2-13H2,1H3,(H,23,24,25)/p+1. The predicted molar refractivity (Wildman–Crippen MR) is 118 cm³/mol. The summed E-state index contributed by atoms with van der Waals surface area (Å²) < 4.78 is 1.20. The number of hydrogen-bond donors (Lipinski definition) is 1. The van der Waals surface area contributed by atoms with Crippen LogP contribution in [0.5, 0.6) is 0 Å². The molecule has 0 amide bonds. The van der Waals surface area contributed by atoms with Gasteiger partial charge in [0.25, 0.3) is 5.82 Å². The van der Waals surface area contributed by atoms with Crippen molar-refractivity contribution in [3.05, 3.63) is 17.5 Å². The third-order valence-electron chi connectivity index (χ3n) is 6.25. The molecule has 1 saturated heterocycles. The van der Waals surface area contributed by atoms with E-state index in [9.17, 15) is 0 Å². The Hall–Kier alpha value is -1.95. The third-order valence-corrected chi connectivity index (χ3v) is 7.36. The molecule has 0 atom stereocenters. The number of rotatable bonds is 5. The summed E-state index contributed by atoms with van der Waals surface area (Å²) in [6.45, 7) is 5.56. The lowest BCUT2D eigenvalue weighted by molar-refractivity contribution is -0.328. The van der Waals surface area contributed by atoms with Gasteiger partial charge in [-0.05, 0) is 56.9 Å². The Kier molecular flexibility index (Phi) is 5.05. The predicted octanol–water partition coefficient (Wildman–Crippen LogP) is 4.74. The van der Waals surface area contributed by atoms with Crippen LogP contribution < -0.4 is 15.2 Å². The van der Waals surface area contributed by atoms with E-state index in [0.29, 0.717) is 0 Å². The van der Waals surface area contributed by atoms with Gasteiger partial charge in [0, 0.05) is 12.1 Å². The zero-order valence-corrected chi connectivity index (χ0v) is 17.6. The van der Waals surface area contributed by atoms with Gasteiger partial charge in [0.1, 0.15) is 16.8 Å². The van der Waals surface area contributed by atoms with Crippen LogP contribution in [0.15, 0.2) is 6.33 Å². The van der Waals surface area contributed by atoms with Crippen LogP contribution in [0.4, 0.5) is 11.6 Å². The summed E-state index contributed by atoms with van der Waals surface area (Å²) in [5, 5.41) is 4.90. The molecule has 3 aromatic heterocycles. The first-order chi connectivity index (χ1) is 13.9. The van der Waals surface area contributed by atoms with Gasteiger partial charge in [0.2, 0.25) is 0 Å². The Morgan fingerprint density at radius 2 is 1.89 bits per heavy atom. The van der Waals surface area contributed by atoms with E-state index < -0.39 is 0 Å². The molecule has 6 heteroatoms. The molecule has 148 valence electrons. The van der Waals surface area contributed by atoms with E-state index in [1.54, 1.807) is 17.5 Å². The minimum Gasteiger partial charge on any atom is -0.369 e. The molecule has 4 heterocycles. The number of anilines is 2. The molecular formula is C22H30N5S+. The summed E-state index contributed by atoms with van der Waals surface area (Å²) in [7, 11) is 0. The van der Waals surface area contributed by atoms with Crippen LogP contribution in [0.25, 0.3) is 20.4 Å². The van der Waals surface area contributed by atoms with E-state index in [-0.39, 0.29) is 0 Å². The Labute approximate surface area is 170 Å². The number of aromatic nitrogens is 3.